The molecule has 6 nitrogen and oxygen atoms in total. The van der Waals surface area contributed by atoms with E-state index in [0.29, 0.717) is 0 Å². The fraction of sp³-hybridized carbons (Fsp3) is 0.111. The number of hydrogen-bond acceptors (Lipinski definition) is 5. The monoisotopic (exact) mass is 1230 g/mol. The Morgan fingerprint density at radius 3 is 1.96 bits per heavy atom. The number of anilines is 6. The Labute approximate surface area is 557 Å². The number of rotatable bonds is 10. The molecule has 10 aromatic carbocycles. The Morgan fingerprint density at radius 2 is 1.17 bits per heavy atom. The number of aromatic nitrogens is 1. The van der Waals surface area contributed by atoms with Crippen molar-refractivity contribution < 1.29 is 9.15 Å². The standard InChI is InChI=1S/C90H64N4O2/c1-5-21-55(22-6-1)57-41-45-61(46-42-57)91(77-37-19-33-69-65-29-13-15-39-79(65)95-89(69)77)63-49-51-75-73(53-63)67-31-17-35-71-83-82(60-27-11-4-12-28-60)88-84(81(59-25-9-3-10-26-59)87(83)93(75)85(67)71)72-36-18-32-68-74-54-64(50-52-76(74)94(88)86(68)72)92(62-47-43-58(44-48-62)56-23-7-2-8-24-56)78-38-20-34-70-66-30-14-16-40-80(66)96-90(70)78/h3-5,7,9-54,69,72,81,84,86,89H,1-2,6,8H2. The summed E-state index contributed by atoms with van der Waals surface area (Å²) in [5.41, 5.74) is 28.8. The lowest BCUT2D eigenvalue weighted by Gasteiger charge is -2.37. The molecule has 21 rings (SSSR count). The molecule has 0 saturated carbocycles. The molecule has 0 bridgehead atoms. The highest BCUT2D eigenvalue weighted by atomic mass is 16.5. The van der Waals surface area contributed by atoms with Gasteiger partial charge in [-0.15, -0.1) is 0 Å². The number of furan rings is 1. The third-order valence-electron chi connectivity index (χ3n) is 22.1. The molecule has 1 saturated heterocycles. The first-order valence-electron chi connectivity index (χ1n) is 34.2. The van der Waals surface area contributed by atoms with Crippen molar-refractivity contribution in [2.45, 2.75) is 49.7 Å². The molecule has 0 amide bonds. The summed E-state index contributed by atoms with van der Waals surface area (Å²) in [6.45, 7) is 0. The molecule has 96 heavy (non-hydrogen) atoms. The number of hydrogen-bond donors (Lipinski definition) is 0. The van der Waals surface area contributed by atoms with Crippen molar-refractivity contribution in [1.82, 2.24) is 4.40 Å². The second-order valence-corrected chi connectivity index (χ2v) is 27.0. The molecule has 6 atom stereocenters. The summed E-state index contributed by atoms with van der Waals surface area (Å²) < 4.78 is 16.6. The van der Waals surface area contributed by atoms with Crippen LogP contribution in [0.2, 0.25) is 0 Å². The predicted octanol–water partition coefficient (Wildman–Crippen LogP) is 22.6. The maximum absolute atomic E-state index is 7.00. The summed E-state index contributed by atoms with van der Waals surface area (Å²) in [6, 6.07) is 86.5. The molecule has 456 valence electrons. The third kappa shape index (κ3) is 7.81. The zero-order chi connectivity index (χ0) is 62.7. The highest BCUT2D eigenvalue weighted by Gasteiger charge is 2.58. The highest BCUT2D eigenvalue weighted by Crippen LogP contribution is 2.66. The van der Waals surface area contributed by atoms with Crippen molar-refractivity contribution in [3.05, 3.63) is 359 Å². The lowest BCUT2D eigenvalue weighted by molar-refractivity contribution is 0.253. The number of fused-ring (bicyclic) bond motifs is 18. The highest BCUT2D eigenvalue weighted by molar-refractivity contribution is 6.20. The molecule has 1 fully saturated rings. The number of ether oxygens (including phenoxy) is 1. The van der Waals surface area contributed by atoms with Crippen molar-refractivity contribution in [2.24, 2.45) is 11.8 Å². The van der Waals surface area contributed by atoms with Crippen LogP contribution in [-0.4, -0.2) is 16.5 Å². The lowest BCUT2D eigenvalue weighted by atomic mass is 9.67. The largest absolute Gasteiger partial charge is 0.483 e. The van der Waals surface area contributed by atoms with Gasteiger partial charge in [0.05, 0.1) is 28.5 Å². The summed E-state index contributed by atoms with van der Waals surface area (Å²) in [5, 5.41) is 5.98. The molecule has 0 spiro atoms. The van der Waals surface area contributed by atoms with E-state index in [9.17, 15) is 0 Å². The molecule has 6 heteroatoms. The summed E-state index contributed by atoms with van der Waals surface area (Å²) in [7, 11) is 0. The number of allylic oxidation sites excluding steroid dienone is 13. The van der Waals surface area contributed by atoms with Crippen molar-refractivity contribution in [1.29, 1.82) is 0 Å². The molecule has 6 unspecified atom stereocenters. The third-order valence-corrected chi connectivity index (χ3v) is 22.1. The van der Waals surface area contributed by atoms with E-state index in [4.69, 9.17) is 9.15 Å². The molecule has 0 radical (unpaired) electrons. The van der Waals surface area contributed by atoms with E-state index < -0.39 is 0 Å². The predicted molar refractivity (Wildman–Crippen MR) is 395 cm³/mol. The Hall–Kier alpha value is -11.6. The number of nitrogens with zero attached hydrogens (tertiary/aromatic N) is 4. The van der Waals surface area contributed by atoms with Gasteiger partial charge in [-0.05, 0) is 150 Å². The average Bonchev–Trinajstić information content (AvgIpc) is 1.50. The minimum Gasteiger partial charge on any atom is -0.483 e. The van der Waals surface area contributed by atoms with Gasteiger partial charge in [-0.2, -0.15) is 0 Å². The normalized spacial score (nSPS) is 20.9. The van der Waals surface area contributed by atoms with Gasteiger partial charge >= 0.3 is 0 Å². The molecule has 13 aromatic rings. The van der Waals surface area contributed by atoms with Crippen LogP contribution in [0, 0.1) is 11.8 Å². The van der Waals surface area contributed by atoms with E-state index in [2.05, 4.69) is 323 Å². The van der Waals surface area contributed by atoms with Crippen molar-refractivity contribution in [3.63, 3.8) is 0 Å². The second kappa shape index (κ2) is 21.0. The smallest absolute Gasteiger partial charge is 0.159 e. The average molecular weight is 1230 g/mol. The maximum Gasteiger partial charge on any atom is 0.159 e. The maximum atomic E-state index is 7.00. The van der Waals surface area contributed by atoms with Gasteiger partial charge < -0.3 is 28.3 Å². The molecule has 3 aromatic heterocycles. The van der Waals surface area contributed by atoms with Crippen LogP contribution in [0.1, 0.15) is 82.2 Å². The van der Waals surface area contributed by atoms with Crippen LogP contribution in [0.15, 0.2) is 319 Å². The topological polar surface area (TPSA) is 36.5 Å². The summed E-state index contributed by atoms with van der Waals surface area (Å²) in [4.78, 5) is 7.69. The Bertz CT molecular complexity index is 5730. The lowest BCUT2D eigenvalue weighted by Crippen LogP contribution is -2.32. The molecule has 6 heterocycles. The minimum absolute atomic E-state index is 0.000822. The SMILES string of the molecule is C1=CC2c3ccccc3OC2C(N(c2ccc(C3=CCCC=C3)cc2)c2ccc3c(c2)c2cccc4c5c(n3c42)C(c2ccccc2)C2C(=C5c3ccccc3)N3c4ccc(N(c5ccc(C6=CCCC=C6)cc5)c5cccc6c5oc5ccccc56)cc4C4=CC=CC2C43)=C1. The van der Waals surface area contributed by atoms with E-state index >= 15 is 0 Å². The van der Waals surface area contributed by atoms with E-state index in [1.54, 1.807) is 0 Å². The van der Waals surface area contributed by atoms with Crippen LogP contribution in [0.5, 0.6) is 5.75 Å². The molecular weight excluding hydrogens is 1170 g/mol. The summed E-state index contributed by atoms with van der Waals surface area (Å²) in [6.07, 6.45) is 32.1. The van der Waals surface area contributed by atoms with Gasteiger partial charge in [-0.25, -0.2) is 0 Å². The van der Waals surface area contributed by atoms with Gasteiger partial charge in [0.25, 0.3) is 0 Å². The zero-order valence-electron chi connectivity index (χ0n) is 52.8. The first-order chi connectivity index (χ1) is 47.7. The van der Waals surface area contributed by atoms with E-state index in [1.807, 2.05) is 0 Å². The second-order valence-electron chi connectivity index (χ2n) is 27.0. The van der Waals surface area contributed by atoms with Crippen LogP contribution in [0.3, 0.4) is 0 Å². The Morgan fingerprint density at radius 1 is 0.500 bits per heavy atom. The van der Waals surface area contributed by atoms with Crippen LogP contribution in [-0.2, 0) is 0 Å². The van der Waals surface area contributed by atoms with Gasteiger partial charge in [0, 0.05) is 113 Å². The molecule has 3 aliphatic heterocycles. The van der Waals surface area contributed by atoms with Gasteiger partial charge in [-0.1, -0.05) is 218 Å². The molecule has 5 aliphatic carbocycles. The Balaban J connectivity index is 0.758. The fourth-order valence-corrected chi connectivity index (χ4v) is 18.1. The van der Waals surface area contributed by atoms with Gasteiger partial charge in [0.15, 0.2) is 5.58 Å². The van der Waals surface area contributed by atoms with Crippen molar-refractivity contribution in [3.8, 4) is 5.75 Å². The molecule has 0 N–H and O–H groups in total. The van der Waals surface area contributed by atoms with Gasteiger partial charge in [0.1, 0.15) is 17.4 Å². The van der Waals surface area contributed by atoms with Crippen molar-refractivity contribution in [2.75, 3.05) is 14.7 Å². The fourth-order valence-electron chi connectivity index (χ4n) is 18.1. The van der Waals surface area contributed by atoms with E-state index in [0.717, 1.165) is 87.5 Å². The zero-order valence-corrected chi connectivity index (χ0v) is 52.8. The Kier molecular flexibility index (Phi) is 11.8. The van der Waals surface area contributed by atoms with E-state index in [-0.39, 0.29) is 35.8 Å². The first kappa shape index (κ1) is 53.9. The van der Waals surface area contributed by atoms with Crippen LogP contribution in [0.4, 0.5) is 34.1 Å². The van der Waals surface area contributed by atoms with Crippen LogP contribution in [0.25, 0.3) is 71.4 Å². The van der Waals surface area contributed by atoms with E-state index in [1.165, 1.54) is 106 Å². The summed E-state index contributed by atoms with van der Waals surface area (Å²) in [5.74, 6) is 1.29. The quantitative estimate of drug-likeness (QED) is 0.136. The van der Waals surface area contributed by atoms with Crippen LogP contribution < -0.4 is 19.4 Å². The van der Waals surface area contributed by atoms with Crippen molar-refractivity contribution >= 4 is 106 Å². The molecule has 8 aliphatic rings. The van der Waals surface area contributed by atoms with Gasteiger partial charge in [0.2, 0.25) is 0 Å². The van der Waals surface area contributed by atoms with Gasteiger partial charge in [-0.3, -0.25) is 0 Å². The van der Waals surface area contributed by atoms with Crippen LogP contribution >= 0.6 is 0 Å². The number of para-hydroxylation sites is 4. The minimum atomic E-state index is -0.193. The number of benzene rings is 10. The summed E-state index contributed by atoms with van der Waals surface area (Å²) >= 11 is 0. The molecular formula is C90H64N4O2. The first-order valence-corrected chi connectivity index (χ1v) is 34.2.